The van der Waals surface area contributed by atoms with E-state index in [-0.39, 0.29) is 56.6 Å². The molecule has 2 aromatic rings. The van der Waals surface area contributed by atoms with Gasteiger partial charge in [0.05, 0.1) is 25.9 Å². The number of amides is 11. The van der Waals surface area contributed by atoms with E-state index in [1.54, 1.807) is 25.7 Å². The van der Waals surface area contributed by atoms with Gasteiger partial charge in [0.25, 0.3) is 0 Å². The average Bonchev–Trinajstić information content (AvgIpc) is 1.51. The van der Waals surface area contributed by atoms with Gasteiger partial charge in [-0.1, -0.05) is 154 Å². The number of hydrogen-bond donors (Lipinski definition) is 3. The molecule has 6 rings (SSSR count). The number of likely N-dealkylation sites (N-methyl/N-ethyl adjacent to an activating group) is 7. The van der Waals surface area contributed by atoms with Gasteiger partial charge >= 0.3 is 11.9 Å². The van der Waals surface area contributed by atoms with Crippen molar-refractivity contribution < 1.29 is 72.2 Å². The van der Waals surface area contributed by atoms with Crippen molar-refractivity contribution in [2.24, 2.45) is 29.6 Å². The highest BCUT2D eigenvalue weighted by atomic mass is 16.5. The third kappa shape index (κ3) is 23.3. The van der Waals surface area contributed by atoms with E-state index < -0.39 is 157 Å². The second-order valence-electron chi connectivity index (χ2n) is 30.5. The largest absolute Gasteiger partial charge is 0.480 e. The fourth-order valence-corrected chi connectivity index (χ4v) is 15.2. The minimum absolute atomic E-state index is 0.0390. The zero-order valence-electron chi connectivity index (χ0n) is 64.1. The van der Waals surface area contributed by atoms with Crippen LogP contribution in [0.15, 0.2) is 60.7 Å². The Morgan fingerprint density at radius 1 is 0.577 bits per heavy atom. The van der Waals surface area contributed by atoms with Crippen LogP contribution in [0.1, 0.15) is 181 Å². The van der Waals surface area contributed by atoms with Gasteiger partial charge in [0.15, 0.2) is 0 Å². The number of aliphatic carboxylic acids is 1. The van der Waals surface area contributed by atoms with E-state index in [4.69, 9.17) is 4.74 Å². The van der Waals surface area contributed by atoms with Gasteiger partial charge in [0, 0.05) is 74.9 Å². The molecule has 3 N–H and O–H groups in total. The van der Waals surface area contributed by atoms with E-state index in [0.717, 1.165) is 64.4 Å². The quantitative estimate of drug-likeness (QED) is 0.0643. The number of carbonyl (C=O) groups is 13. The third-order valence-electron chi connectivity index (χ3n) is 21.8. The maximum absolute atomic E-state index is 15.4. The number of esters is 1. The summed E-state index contributed by atoms with van der Waals surface area (Å²) in [4.78, 5) is 198. The first-order valence-electron chi connectivity index (χ1n) is 37.8. The first-order chi connectivity index (χ1) is 49.3. The lowest BCUT2D eigenvalue weighted by Gasteiger charge is -2.42. The van der Waals surface area contributed by atoms with Gasteiger partial charge in [-0.3, -0.25) is 62.3 Å². The molecule has 2 saturated heterocycles. The zero-order valence-corrected chi connectivity index (χ0v) is 64.1. The van der Waals surface area contributed by atoms with E-state index in [0.29, 0.717) is 77.3 Å². The van der Waals surface area contributed by atoms with Gasteiger partial charge in [-0.2, -0.15) is 0 Å². The first kappa shape index (κ1) is 84.5. The summed E-state index contributed by atoms with van der Waals surface area (Å²) < 4.78 is 5.66. The molecule has 0 aromatic heterocycles. The molecule has 2 aliphatic carbocycles. The minimum atomic E-state index is -1.47. The van der Waals surface area contributed by atoms with Gasteiger partial charge < -0.3 is 64.6 Å². The molecule has 0 bridgehead atoms. The number of rotatable bonds is 36. The molecule has 4 fully saturated rings. The number of carboxylic acids is 1. The molecule has 2 aliphatic heterocycles. The number of carboxylic acid groups (broad SMARTS) is 1. The molecule has 0 unspecified atom stereocenters. The van der Waals surface area contributed by atoms with Crippen LogP contribution in [0.4, 0.5) is 0 Å². The summed E-state index contributed by atoms with van der Waals surface area (Å²) in [7, 11) is 10.0. The second-order valence-corrected chi connectivity index (χ2v) is 30.5. The number of likely N-dealkylation sites (tertiary alicyclic amines) is 2. The van der Waals surface area contributed by atoms with Crippen LogP contribution >= 0.6 is 0 Å². The Morgan fingerprint density at radius 2 is 1.15 bits per heavy atom. The Hall–Kier alpha value is -8.45. The van der Waals surface area contributed by atoms with E-state index >= 15 is 14.4 Å². The number of aryl methyl sites for hydroxylation is 1. The molecular weight excluding hydrogens is 1330 g/mol. The monoisotopic (exact) mass is 1450 g/mol. The van der Waals surface area contributed by atoms with Gasteiger partial charge in [-0.25, -0.2) is 0 Å². The Kier molecular flexibility index (Phi) is 32.6. The highest BCUT2D eigenvalue weighted by Crippen LogP contribution is 2.35. The number of nitrogens with one attached hydrogen (secondary N) is 2. The van der Waals surface area contributed by atoms with Crippen molar-refractivity contribution in [3.05, 3.63) is 71.8 Å². The summed E-state index contributed by atoms with van der Waals surface area (Å²) in [6.07, 6.45) is 10.5. The van der Waals surface area contributed by atoms with Crippen molar-refractivity contribution in [1.82, 2.24) is 54.7 Å². The lowest BCUT2D eigenvalue weighted by molar-refractivity contribution is -0.156. The Labute approximate surface area is 615 Å². The summed E-state index contributed by atoms with van der Waals surface area (Å²) >= 11 is 0. The molecule has 2 saturated carbocycles. The smallest absolute Gasteiger partial charge is 0.323 e. The van der Waals surface area contributed by atoms with E-state index in [2.05, 4.69) is 10.6 Å². The molecule has 2 aromatic carbocycles. The summed E-state index contributed by atoms with van der Waals surface area (Å²) in [6, 6.07) is 11.9. The summed E-state index contributed by atoms with van der Waals surface area (Å²) in [5.41, 5.74) is 0.317. The predicted octanol–water partition coefficient (Wildman–Crippen LogP) is 6.16. The van der Waals surface area contributed by atoms with Crippen LogP contribution in [0, 0.1) is 29.6 Å². The third-order valence-corrected chi connectivity index (χ3v) is 21.8. The molecule has 4 aliphatic rings. The first-order valence-corrected chi connectivity index (χ1v) is 37.8. The maximum Gasteiger partial charge on any atom is 0.323 e. The molecule has 8 atom stereocenters. The van der Waals surface area contributed by atoms with Crippen LogP contribution in [0.3, 0.4) is 0 Å². The summed E-state index contributed by atoms with van der Waals surface area (Å²) in [5, 5.41) is 15.5. The number of nitrogens with zero attached hydrogens (tertiary/aromatic N) is 9. The van der Waals surface area contributed by atoms with Crippen LogP contribution < -0.4 is 10.6 Å². The molecule has 26 heteroatoms. The van der Waals surface area contributed by atoms with Gasteiger partial charge in [-0.05, 0) is 105 Å². The van der Waals surface area contributed by atoms with Crippen molar-refractivity contribution in [2.75, 3.05) is 88.6 Å². The van der Waals surface area contributed by atoms with Crippen LogP contribution in [0.5, 0.6) is 0 Å². The van der Waals surface area contributed by atoms with Crippen LogP contribution in [-0.4, -0.2) is 257 Å². The summed E-state index contributed by atoms with van der Waals surface area (Å²) in [6.45, 7) is 10.4. The van der Waals surface area contributed by atoms with Gasteiger partial charge in [-0.15, -0.1) is 0 Å². The maximum atomic E-state index is 15.4. The van der Waals surface area contributed by atoms with E-state index in [1.165, 1.54) is 73.8 Å². The number of carbonyl (C=O) groups excluding carboxylic acids is 12. The fraction of sp³-hybridized carbons (Fsp3) is 0.679. The number of benzene rings is 2. The fourth-order valence-electron chi connectivity index (χ4n) is 15.2. The molecular formula is C78H119N11O15. The average molecular weight is 1450 g/mol. The standard InChI is InChI=1S/C78H119N11O15/c1-14-54(6)68(75(101)82(8)48-64(91)81(7)49-65(92)85(11)61(45-56-32-21-16-22-33-56)73(99)83(9)50-66(93)94)79-70(96)60(44-52(2)3)84(10)63(90)47-62(74(100)88-41-27-18-28-42-88)86(12)76(102)69(53(4)5)87(13)77(103)78(39-25-26-40-78)80-71(97)59-36-29-43-89(59)72(98)58(38-37-55-30-19-15-20-31-55)46-67(95)104-51-57-34-23-17-24-35-57/h15,17,19-20,23-24,30-31,34-35,52-54,56,58-62,68-69H,14,16,18,21-22,25-29,32-33,36-51H2,1-13H3,(H,79,96)(H,80,97)(H,93,94)/t54-,58+,59-,60-,61-,62-,68-,69-/m0/s1. The SMILES string of the molecule is CC[C@H](C)[C@H](NC(=O)[C@H](CC(C)C)N(C)C(=O)C[C@@H](C(=O)N1CCCCC1)N(C)C(=O)[C@H](C(C)C)N(C)C(=O)C1(NC(=O)[C@@H]2CCCN2C(=O)[C@H](CCc2ccccc2)CC(=O)OCc2ccccc2)CCCC1)C(=O)N(C)CC(=O)N(C)CC(=O)N(C)[C@@H](CC1CCCCC1)C(=O)N(C)CC(=O)O. The molecule has 0 radical (unpaired) electrons. The van der Waals surface area contributed by atoms with Crippen molar-refractivity contribution >= 4 is 76.9 Å². The van der Waals surface area contributed by atoms with E-state index in [1.807, 2.05) is 81.4 Å². The number of piperidine rings is 1. The second kappa shape index (κ2) is 40.2. The van der Waals surface area contributed by atoms with Gasteiger partial charge in [0.2, 0.25) is 65.0 Å². The van der Waals surface area contributed by atoms with Crippen molar-refractivity contribution in [2.45, 2.75) is 225 Å². The highest BCUT2D eigenvalue weighted by molar-refractivity contribution is 6.00. The van der Waals surface area contributed by atoms with Crippen molar-refractivity contribution in [3.8, 4) is 0 Å². The van der Waals surface area contributed by atoms with Crippen LogP contribution in [-0.2, 0) is 80.1 Å². The Balaban J connectivity index is 1.16. The topological polar surface area (TPSA) is 305 Å². The molecule has 576 valence electrons. The Bertz CT molecular complexity index is 3260. The number of hydrogen-bond acceptors (Lipinski definition) is 14. The normalized spacial score (nSPS) is 18.0. The lowest BCUT2D eigenvalue weighted by Crippen LogP contribution is -2.64. The van der Waals surface area contributed by atoms with Crippen molar-refractivity contribution in [3.63, 3.8) is 0 Å². The predicted molar refractivity (Wildman–Crippen MR) is 392 cm³/mol. The van der Waals surface area contributed by atoms with Crippen molar-refractivity contribution in [1.29, 1.82) is 0 Å². The van der Waals surface area contributed by atoms with E-state index in [9.17, 15) is 53.1 Å². The van der Waals surface area contributed by atoms with Gasteiger partial charge in [0.1, 0.15) is 54.9 Å². The van der Waals surface area contributed by atoms with Crippen LogP contribution in [0.2, 0.25) is 0 Å². The molecule has 2 heterocycles. The molecule has 104 heavy (non-hydrogen) atoms. The molecule has 0 spiro atoms. The molecule has 26 nitrogen and oxygen atoms in total. The molecule has 11 amide bonds. The minimum Gasteiger partial charge on any atom is -0.480 e. The number of ether oxygens (including phenoxy) is 1. The zero-order chi connectivity index (χ0) is 76.7. The lowest BCUT2D eigenvalue weighted by atomic mass is 9.84. The van der Waals surface area contributed by atoms with Crippen LogP contribution in [0.25, 0.3) is 0 Å². The Morgan fingerprint density at radius 3 is 1.74 bits per heavy atom. The summed E-state index contributed by atoms with van der Waals surface area (Å²) in [5.74, 6) is -9.80. The highest BCUT2D eigenvalue weighted by Gasteiger charge is 2.51.